The lowest BCUT2D eigenvalue weighted by molar-refractivity contribution is 0.477. The van der Waals surface area contributed by atoms with Gasteiger partial charge in [0.2, 0.25) is 0 Å². The second-order valence-electron chi connectivity index (χ2n) is 3.31. The lowest BCUT2D eigenvalue weighted by Gasteiger charge is -2.05. The molecule has 0 amide bonds. The van der Waals surface area contributed by atoms with E-state index in [1.165, 1.54) is 0 Å². The Morgan fingerprint density at radius 1 is 1.29 bits per heavy atom. The maximum absolute atomic E-state index is 9.66. The van der Waals surface area contributed by atoms with Crippen molar-refractivity contribution in [1.82, 2.24) is 4.57 Å². The van der Waals surface area contributed by atoms with E-state index in [9.17, 15) is 5.11 Å². The van der Waals surface area contributed by atoms with Crippen LogP contribution in [0.3, 0.4) is 0 Å². The Hall–Kier alpha value is -1.90. The summed E-state index contributed by atoms with van der Waals surface area (Å²) in [6.45, 7) is 0. The molecule has 0 aliphatic rings. The van der Waals surface area contributed by atoms with Crippen molar-refractivity contribution in [2.75, 3.05) is 5.73 Å². The van der Waals surface area contributed by atoms with E-state index in [-0.39, 0.29) is 5.75 Å². The van der Waals surface area contributed by atoms with Crippen molar-refractivity contribution in [3.05, 3.63) is 36.7 Å². The summed E-state index contributed by atoms with van der Waals surface area (Å²) in [7, 11) is 1.93. The molecule has 2 rings (SSSR count). The van der Waals surface area contributed by atoms with E-state index < -0.39 is 0 Å². The molecule has 0 fully saturated rings. The molecule has 3 heteroatoms. The van der Waals surface area contributed by atoms with Crippen molar-refractivity contribution in [3.8, 4) is 16.9 Å². The third-order valence-corrected chi connectivity index (χ3v) is 2.20. The number of phenolic OH excluding ortho intramolecular Hbond substituents is 1. The topological polar surface area (TPSA) is 51.2 Å². The molecule has 1 heterocycles. The van der Waals surface area contributed by atoms with Crippen molar-refractivity contribution in [3.63, 3.8) is 0 Å². The molecule has 1 aromatic heterocycles. The summed E-state index contributed by atoms with van der Waals surface area (Å²) in [6.07, 6.45) is 3.84. The summed E-state index contributed by atoms with van der Waals surface area (Å²) < 4.78 is 1.92. The second kappa shape index (κ2) is 3.10. The molecule has 0 saturated heterocycles. The van der Waals surface area contributed by atoms with Gasteiger partial charge in [-0.1, -0.05) is 6.07 Å². The number of nitrogen functional groups attached to an aromatic ring is 1. The number of phenols is 1. The van der Waals surface area contributed by atoms with Gasteiger partial charge in [-0.3, -0.25) is 0 Å². The Morgan fingerprint density at radius 3 is 2.64 bits per heavy atom. The number of hydrogen-bond acceptors (Lipinski definition) is 2. The average molecular weight is 188 g/mol. The van der Waals surface area contributed by atoms with Crippen molar-refractivity contribution in [2.24, 2.45) is 7.05 Å². The molecule has 0 unspecified atom stereocenters. The van der Waals surface area contributed by atoms with Crippen LogP contribution in [0.5, 0.6) is 5.75 Å². The summed E-state index contributed by atoms with van der Waals surface area (Å²) in [5.41, 5.74) is 8.02. The van der Waals surface area contributed by atoms with Gasteiger partial charge < -0.3 is 15.4 Å². The first-order valence-electron chi connectivity index (χ1n) is 4.38. The molecular weight excluding hydrogens is 176 g/mol. The molecule has 2 aromatic rings. The zero-order valence-electron chi connectivity index (χ0n) is 7.94. The highest BCUT2D eigenvalue weighted by Gasteiger charge is 2.08. The van der Waals surface area contributed by atoms with Gasteiger partial charge in [0.15, 0.2) is 0 Å². The Labute approximate surface area is 82.4 Å². The van der Waals surface area contributed by atoms with Crippen molar-refractivity contribution in [2.45, 2.75) is 0 Å². The monoisotopic (exact) mass is 188 g/mol. The highest BCUT2D eigenvalue weighted by molar-refractivity contribution is 5.81. The van der Waals surface area contributed by atoms with E-state index in [4.69, 9.17) is 5.73 Å². The Balaban J connectivity index is 2.61. The Morgan fingerprint density at radius 2 is 2.07 bits per heavy atom. The van der Waals surface area contributed by atoms with Gasteiger partial charge in [-0.2, -0.15) is 0 Å². The summed E-state index contributed by atoms with van der Waals surface area (Å²) in [4.78, 5) is 0. The van der Waals surface area contributed by atoms with E-state index in [2.05, 4.69) is 0 Å². The first kappa shape index (κ1) is 8.69. The average Bonchev–Trinajstić information content (AvgIpc) is 2.51. The fraction of sp³-hybridized carbons (Fsp3) is 0.0909. The van der Waals surface area contributed by atoms with E-state index in [0.29, 0.717) is 11.3 Å². The highest BCUT2D eigenvalue weighted by atomic mass is 16.3. The lowest BCUT2D eigenvalue weighted by atomic mass is 10.1. The van der Waals surface area contributed by atoms with E-state index in [0.717, 1.165) is 5.56 Å². The summed E-state index contributed by atoms with van der Waals surface area (Å²) in [5, 5.41) is 9.66. The first-order chi connectivity index (χ1) is 6.68. The largest absolute Gasteiger partial charge is 0.507 e. The number of anilines is 1. The van der Waals surface area contributed by atoms with Crippen molar-refractivity contribution >= 4 is 5.69 Å². The van der Waals surface area contributed by atoms with E-state index in [1.807, 2.05) is 30.1 Å². The Kier molecular flexibility index (Phi) is 1.93. The first-order valence-corrected chi connectivity index (χ1v) is 4.38. The molecule has 0 saturated carbocycles. The van der Waals surface area contributed by atoms with Crippen LogP contribution < -0.4 is 5.73 Å². The summed E-state index contributed by atoms with van der Waals surface area (Å²) >= 11 is 0. The van der Waals surface area contributed by atoms with E-state index in [1.54, 1.807) is 18.2 Å². The number of nitrogens with two attached hydrogens (primary N) is 1. The molecular formula is C11H12N2O. The molecule has 3 nitrogen and oxygen atoms in total. The van der Waals surface area contributed by atoms with Gasteiger partial charge in [-0.25, -0.2) is 0 Å². The van der Waals surface area contributed by atoms with Gasteiger partial charge in [0.1, 0.15) is 5.75 Å². The fourth-order valence-electron chi connectivity index (χ4n) is 1.52. The van der Waals surface area contributed by atoms with Crippen LogP contribution in [0.25, 0.3) is 11.1 Å². The molecule has 1 aromatic carbocycles. The molecule has 0 atom stereocenters. The number of aromatic hydroxyl groups is 1. The van der Waals surface area contributed by atoms with Crippen LogP contribution in [-0.4, -0.2) is 9.67 Å². The number of aryl methyl sites for hydroxylation is 1. The molecule has 0 spiro atoms. The van der Waals surface area contributed by atoms with Gasteiger partial charge in [-0.15, -0.1) is 0 Å². The molecule has 72 valence electrons. The summed E-state index contributed by atoms with van der Waals surface area (Å²) in [6, 6.07) is 7.07. The second-order valence-corrected chi connectivity index (χ2v) is 3.31. The molecule has 0 aliphatic heterocycles. The lowest BCUT2D eigenvalue weighted by Crippen LogP contribution is -1.89. The maximum atomic E-state index is 9.66. The fourth-order valence-corrected chi connectivity index (χ4v) is 1.52. The van der Waals surface area contributed by atoms with Gasteiger partial charge in [0, 0.05) is 36.3 Å². The zero-order valence-corrected chi connectivity index (χ0v) is 7.94. The normalized spacial score (nSPS) is 10.4. The predicted molar refractivity (Wildman–Crippen MR) is 56.9 cm³/mol. The smallest absolute Gasteiger partial charge is 0.125 e. The quantitative estimate of drug-likeness (QED) is 0.672. The van der Waals surface area contributed by atoms with Gasteiger partial charge in [0.25, 0.3) is 0 Å². The molecule has 14 heavy (non-hydrogen) atoms. The van der Waals surface area contributed by atoms with Crippen LogP contribution in [0.2, 0.25) is 0 Å². The zero-order chi connectivity index (χ0) is 10.1. The minimum Gasteiger partial charge on any atom is -0.507 e. The predicted octanol–water partition coefficient (Wildman–Crippen LogP) is 1.98. The third-order valence-electron chi connectivity index (χ3n) is 2.20. The third kappa shape index (κ3) is 1.33. The number of rotatable bonds is 1. The minimum atomic E-state index is 0.219. The van der Waals surface area contributed by atoms with Crippen molar-refractivity contribution in [1.29, 1.82) is 0 Å². The number of aromatic nitrogens is 1. The number of nitrogens with zero attached hydrogens (tertiary/aromatic N) is 1. The maximum Gasteiger partial charge on any atom is 0.125 e. The highest BCUT2D eigenvalue weighted by Crippen LogP contribution is 2.34. The van der Waals surface area contributed by atoms with Crippen LogP contribution in [0.1, 0.15) is 0 Å². The van der Waals surface area contributed by atoms with Gasteiger partial charge in [0.05, 0.1) is 0 Å². The standard InChI is InChI=1S/C11H12N2O/c1-13-6-5-8(7-13)11-9(12)3-2-4-10(11)14/h2-7,14H,12H2,1H3. The molecule has 0 aliphatic carbocycles. The van der Waals surface area contributed by atoms with Crippen LogP contribution in [0.15, 0.2) is 36.7 Å². The van der Waals surface area contributed by atoms with Gasteiger partial charge >= 0.3 is 0 Å². The van der Waals surface area contributed by atoms with Crippen LogP contribution in [-0.2, 0) is 7.05 Å². The van der Waals surface area contributed by atoms with Gasteiger partial charge in [-0.05, 0) is 18.2 Å². The van der Waals surface area contributed by atoms with Crippen LogP contribution >= 0.6 is 0 Å². The van der Waals surface area contributed by atoms with Crippen LogP contribution in [0, 0.1) is 0 Å². The number of benzene rings is 1. The van der Waals surface area contributed by atoms with Crippen molar-refractivity contribution < 1.29 is 5.11 Å². The van der Waals surface area contributed by atoms with Crippen LogP contribution in [0.4, 0.5) is 5.69 Å². The minimum absolute atomic E-state index is 0.219. The Bertz CT molecular complexity index is 440. The molecule has 3 N–H and O–H groups in total. The SMILES string of the molecule is Cn1ccc(-c2c(N)cccc2O)c1. The summed E-state index contributed by atoms with van der Waals surface area (Å²) in [5.74, 6) is 0.219. The van der Waals surface area contributed by atoms with E-state index >= 15 is 0 Å². The molecule has 0 radical (unpaired) electrons. The molecule has 0 bridgehead atoms. The number of hydrogen-bond donors (Lipinski definition) is 2.